The molecule has 194 valence electrons. The number of hydrogen-bond donors (Lipinski definition) is 0. The number of likely N-dealkylation sites (tertiary alicyclic amines) is 2. The van der Waals surface area contributed by atoms with Gasteiger partial charge < -0.3 is 14.7 Å². The minimum atomic E-state index is -0.173. The zero-order valence-corrected chi connectivity index (χ0v) is 21.8. The van der Waals surface area contributed by atoms with Gasteiger partial charge in [0, 0.05) is 38.2 Å². The van der Waals surface area contributed by atoms with Crippen molar-refractivity contribution in [2.45, 2.75) is 52.4 Å². The first-order valence-corrected chi connectivity index (χ1v) is 13.5. The molecule has 4 rings (SSSR count). The topological polar surface area (TPSA) is 43.9 Å². The highest BCUT2D eigenvalue weighted by atomic mass is 19.1. The normalized spacial score (nSPS) is 17.8. The van der Waals surface area contributed by atoms with E-state index in [0.29, 0.717) is 25.6 Å². The van der Waals surface area contributed by atoms with Crippen LogP contribution < -0.4 is 4.90 Å². The van der Waals surface area contributed by atoms with E-state index in [0.717, 1.165) is 63.8 Å². The predicted molar refractivity (Wildman–Crippen MR) is 142 cm³/mol. The number of hydrogen-bond acceptors (Lipinski definition) is 3. The first-order valence-electron chi connectivity index (χ1n) is 13.5. The maximum Gasteiger partial charge on any atom is 0.230 e. The third kappa shape index (κ3) is 7.16. The lowest BCUT2D eigenvalue weighted by Gasteiger charge is -2.35. The van der Waals surface area contributed by atoms with Crippen LogP contribution in [0.1, 0.15) is 50.2 Å². The van der Waals surface area contributed by atoms with Crippen LogP contribution >= 0.6 is 0 Å². The molecular formula is C30H40FN3O2. The summed E-state index contributed by atoms with van der Waals surface area (Å²) in [6.45, 7) is 8.86. The molecule has 2 aromatic carbocycles. The van der Waals surface area contributed by atoms with Crippen LogP contribution in [-0.2, 0) is 16.0 Å². The fourth-order valence-corrected chi connectivity index (χ4v) is 5.57. The van der Waals surface area contributed by atoms with E-state index in [4.69, 9.17) is 0 Å². The lowest BCUT2D eigenvalue weighted by Crippen LogP contribution is -2.45. The summed E-state index contributed by atoms with van der Waals surface area (Å²) in [5.74, 6) is 0.744. The van der Waals surface area contributed by atoms with Crippen molar-refractivity contribution in [1.82, 2.24) is 9.80 Å². The third-order valence-electron chi connectivity index (χ3n) is 7.90. The molecule has 5 nitrogen and oxygen atoms in total. The minimum absolute atomic E-state index is 0.0240. The monoisotopic (exact) mass is 493 g/mol. The molecule has 0 radical (unpaired) electrons. The van der Waals surface area contributed by atoms with Crippen molar-refractivity contribution in [2.24, 2.45) is 11.8 Å². The van der Waals surface area contributed by atoms with E-state index in [1.54, 1.807) is 19.1 Å². The number of amides is 2. The van der Waals surface area contributed by atoms with E-state index in [1.165, 1.54) is 11.1 Å². The summed E-state index contributed by atoms with van der Waals surface area (Å²) in [5.41, 5.74) is 3.37. The van der Waals surface area contributed by atoms with Crippen molar-refractivity contribution in [3.8, 4) is 0 Å². The van der Waals surface area contributed by atoms with Crippen molar-refractivity contribution < 1.29 is 14.0 Å². The molecule has 0 aromatic heterocycles. The predicted octanol–water partition coefficient (Wildman–Crippen LogP) is 5.07. The fraction of sp³-hybridized carbons (Fsp3) is 0.533. The van der Waals surface area contributed by atoms with Crippen molar-refractivity contribution in [2.75, 3.05) is 44.2 Å². The van der Waals surface area contributed by atoms with Crippen molar-refractivity contribution in [3.63, 3.8) is 0 Å². The molecular weight excluding hydrogens is 453 g/mol. The summed E-state index contributed by atoms with van der Waals surface area (Å²) >= 11 is 0. The molecule has 2 amide bonds. The standard InChI is InChI=1S/C30H40FN3O2/c1-23-4-10-29(11-5-23)34(30(36)27-14-20-33(21-15-27)24(2)35)17-3-16-32-18-12-26(13-19-32)22-25-6-8-28(31)9-7-25/h4-11,26-27H,3,12-22H2,1-2H3. The molecule has 2 heterocycles. The summed E-state index contributed by atoms with van der Waals surface area (Å²) < 4.78 is 13.2. The summed E-state index contributed by atoms with van der Waals surface area (Å²) in [6.07, 6.45) is 5.75. The Kier molecular flexibility index (Phi) is 9.13. The van der Waals surface area contributed by atoms with Gasteiger partial charge in [0.15, 0.2) is 0 Å². The van der Waals surface area contributed by atoms with E-state index < -0.39 is 0 Å². The zero-order valence-electron chi connectivity index (χ0n) is 21.8. The Morgan fingerprint density at radius 1 is 0.917 bits per heavy atom. The van der Waals surface area contributed by atoms with Gasteiger partial charge in [0.25, 0.3) is 0 Å². The van der Waals surface area contributed by atoms with E-state index in [9.17, 15) is 14.0 Å². The molecule has 0 atom stereocenters. The number of anilines is 1. The summed E-state index contributed by atoms with van der Waals surface area (Å²) in [6, 6.07) is 15.2. The Morgan fingerprint density at radius 2 is 1.56 bits per heavy atom. The zero-order chi connectivity index (χ0) is 25.5. The molecule has 2 aromatic rings. The van der Waals surface area contributed by atoms with E-state index in [-0.39, 0.29) is 23.5 Å². The maximum absolute atomic E-state index is 13.6. The Balaban J connectivity index is 1.28. The molecule has 36 heavy (non-hydrogen) atoms. The van der Waals surface area contributed by atoms with Gasteiger partial charge in [0.1, 0.15) is 5.82 Å². The molecule has 2 saturated heterocycles. The molecule has 0 aliphatic carbocycles. The van der Waals surface area contributed by atoms with Gasteiger partial charge in [-0.3, -0.25) is 9.59 Å². The molecule has 0 unspecified atom stereocenters. The summed E-state index contributed by atoms with van der Waals surface area (Å²) in [4.78, 5) is 31.6. The van der Waals surface area contributed by atoms with E-state index in [1.807, 2.05) is 21.9 Å². The van der Waals surface area contributed by atoms with Crippen molar-refractivity contribution >= 4 is 17.5 Å². The van der Waals surface area contributed by atoms with Gasteiger partial charge in [-0.2, -0.15) is 0 Å². The summed E-state index contributed by atoms with van der Waals surface area (Å²) in [7, 11) is 0. The van der Waals surface area contributed by atoms with Gasteiger partial charge in [0.05, 0.1) is 0 Å². The van der Waals surface area contributed by atoms with Gasteiger partial charge in [0.2, 0.25) is 11.8 Å². The van der Waals surface area contributed by atoms with Gasteiger partial charge in [-0.05, 0) is 101 Å². The smallest absolute Gasteiger partial charge is 0.230 e. The quantitative estimate of drug-likeness (QED) is 0.516. The maximum atomic E-state index is 13.6. The number of rotatable bonds is 8. The number of benzene rings is 2. The SMILES string of the molecule is CC(=O)N1CCC(C(=O)N(CCCN2CCC(Cc3ccc(F)cc3)CC2)c2ccc(C)cc2)CC1. The van der Waals surface area contributed by atoms with Crippen LogP contribution in [0.4, 0.5) is 10.1 Å². The first-order chi connectivity index (χ1) is 17.4. The lowest BCUT2D eigenvalue weighted by atomic mass is 9.90. The van der Waals surface area contributed by atoms with Crippen LogP contribution in [0.3, 0.4) is 0 Å². The van der Waals surface area contributed by atoms with Crippen molar-refractivity contribution in [3.05, 3.63) is 65.5 Å². The van der Waals surface area contributed by atoms with E-state index in [2.05, 4.69) is 36.1 Å². The average molecular weight is 494 g/mol. The Bertz CT molecular complexity index is 992. The second-order valence-electron chi connectivity index (χ2n) is 10.6. The Hall–Kier alpha value is -2.73. The highest BCUT2D eigenvalue weighted by Crippen LogP contribution is 2.25. The molecule has 2 fully saturated rings. The molecule has 0 spiro atoms. The van der Waals surface area contributed by atoms with Crippen LogP contribution in [0.5, 0.6) is 0 Å². The van der Waals surface area contributed by atoms with Crippen LogP contribution in [-0.4, -0.2) is 60.9 Å². The number of piperidine rings is 2. The van der Waals surface area contributed by atoms with Crippen LogP contribution in [0.25, 0.3) is 0 Å². The van der Waals surface area contributed by atoms with Crippen molar-refractivity contribution in [1.29, 1.82) is 0 Å². The highest BCUT2D eigenvalue weighted by Gasteiger charge is 2.30. The fourth-order valence-electron chi connectivity index (χ4n) is 5.57. The first kappa shape index (κ1) is 26.3. The molecule has 2 aliphatic rings. The largest absolute Gasteiger partial charge is 0.343 e. The molecule has 0 N–H and O–H groups in total. The molecule has 0 bridgehead atoms. The van der Waals surface area contributed by atoms with Gasteiger partial charge >= 0.3 is 0 Å². The minimum Gasteiger partial charge on any atom is -0.343 e. The number of carbonyl (C=O) groups excluding carboxylic acids is 2. The van der Waals surface area contributed by atoms with Gasteiger partial charge in [-0.1, -0.05) is 29.8 Å². The highest BCUT2D eigenvalue weighted by molar-refractivity contribution is 5.95. The van der Waals surface area contributed by atoms with Gasteiger partial charge in [-0.15, -0.1) is 0 Å². The molecule has 2 aliphatic heterocycles. The third-order valence-corrected chi connectivity index (χ3v) is 7.90. The second-order valence-corrected chi connectivity index (χ2v) is 10.6. The lowest BCUT2D eigenvalue weighted by molar-refractivity contribution is -0.133. The number of nitrogens with zero attached hydrogens (tertiary/aromatic N) is 3. The number of carbonyl (C=O) groups is 2. The van der Waals surface area contributed by atoms with Gasteiger partial charge in [-0.25, -0.2) is 4.39 Å². The Morgan fingerprint density at radius 3 is 2.17 bits per heavy atom. The molecule has 6 heteroatoms. The Labute approximate surface area is 215 Å². The van der Waals surface area contributed by atoms with Crippen LogP contribution in [0, 0.1) is 24.6 Å². The summed E-state index contributed by atoms with van der Waals surface area (Å²) in [5, 5.41) is 0. The van der Waals surface area contributed by atoms with Crippen LogP contribution in [0.2, 0.25) is 0 Å². The molecule has 0 saturated carbocycles. The number of aryl methyl sites for hydroxylation is 1. The van der Waals surface area contributed by atoms with Crippen LogP contribution in [0.15, 0.2) is 48.5 Å². The average Bonchev–Trinajstić information content (AvgIpc) is 2.89. The second kappa shape index (κ2) is 12.5. The number of halogens is 1. The van der Waals surface area contributed by atoms with E-state index >= 15 is 0 Å².